The second-order valence-electron chi connectivity index (χ2n) is 6.92. The van der Waals surface area contributed by atoms with Crippen LogP contribution in [0.3, 0.4) is 0 Å². The van der Waals surface area contributed by atoms with Gasteiger partial charge in [-0.05, 0) is 49.4 Å². The first kappa shape index (κ1) is 19.7. The average molecular weight is 425 g/mol. The minimum absolute atomic E-state index is 0.197. The van der Waals surface area contributed by atoms with Crippen LogP contribution in [0.2, 0.25) is 0 Å². The quantitative estimate of drug-likeness (QED) is 0.520. The summed E-state index contributed by atoms with van der Waals surface area (Å²) < 4.78 is 36.5. The molecule has 0 fully saturated rings. The van der Waals surface area contributed by atoms with Crippen LogP contribution in [0.15, 0.2) is 64.0 Å². The molecule has 0 aliphatic heterocycles. The molecule has 0 atom stereocenters. The zero-order chi connectivity index (χ0) is 21.5. The first-order chi connectivity index (χ1) is 14.2. The summed E-state index contributed by atoms with van der Waals surface area (Å²) in [5, 5.41) is 7.58. The fourth-order valence-electron chi connectivity index (χ4n) is 3.00. The summed E-state index contributed by atoms with van der Waals surface area (Å²) in [6.07, 6.45) is 2.87. The van der Waals surface area contributed by atoms with Crippen molar-refractivity contribution in [2.75, 3.05) is 11.6 Å². The predicted molar refractivity (Wildman–Crippen MR) is 112 cm³/mol. The molecule has 0 aliphatic carbocycles. The Hall–Kier alpha value is -3.59. The molecule has 0 saturated carbocycles. The number of aromatic nitrogens is 2. The number of anilines is 1. The number of rotatable bonds is 5. The van der Waals surface area contributed by atoms with Crippen LogP contribution in [0, 0.1) is 6.92 Å². The number of carbonyl (C=O) groups is 1. The van der Waals surface area contributed by atoms with Crippen molar-refractivity contribution in [3.63, 3.8) is 0 Å². The molecule has 154 valence electrons. The van der Waals surface area contributed by atoms with Crippen molar-refractivity contribution >= 4 is 32.5 Å². The molecule has 1 N–H and O–H groups in total. The summed E-state index contributed by atoms with van der Waals surface area (Å²) in [7, 11) is -1.54. The van der Waals surface area contributed by atoms with E-state index < -0.39 is 9.84 Å². The summed E-state index contributed by atoms with van der Waals surface area (Å²) in [4.78, 5) is 12.9. The number of sulfone groups is 1. The summed E-state index contributed by atoms with van der Waals surface area (Å²) in [5.74, 6) is 1.59. The van der Waals surface area contributed by atoms with Crippen molar-refractivity contribution in [2.24, 2.45) is 7.05 Å². The Morgan fingerprint density at radius 3 is 2.50 bits per heavy atom. The van der Waals surface area contributed by atoms with E-state index in [1.54, 1.807) is 55.2 Å². The van der Waals surface area contributed by atoms with E-state index in [9.17, 15) is 13.2 Å². The number of ether oxygens (including phenoxy) is 1. The molecule has 1 amide bonds. The summed E-state index contributed by atoms with van der Waals surface area (Å²) >= 11 is 0. The van der Waals surface area contributed by atoms with Crippen LogP contribution in [-0.4, -0.2) is 30.4 Å². The standard InChI is InChI=1S/C21H19N3O5S/c1-13-10-17-18(28-13)11-14(21(25)22-20-8-9-24(2)23-20)12-19(17)29-15-4-6-16(7-5-15)30(3,26)27/h4-12H,1-3H3,(H,22,23,25). The normalized spacial score (nSPS) is 11.6. The van der Waals surface area contributed by atoms with Gasteiger partial charge in [0.2, 0.25) is 0 Å². The number of carbonyl (C=O) groups excluding carboxylic acids is 1. The molecular formula is C21H19N3O5S. The second-order valence-corrected chi connectivity index (χ2v) is 8.93. The van der Waals surface area contributed by atoms with Gasteiger partial charge in [0.1, 0.15) is 22.8 Å². The lowest BCUT2D eigenvalue weighted by Crippen LogP contribution is -2.12. The van der Waals surface area contributed by atoms with Gasteiger partial charge >= 0.3 is 0 Å². The van der Waals surface area contributed by atoms with Crippen molar-refractivity contribution in [3.05, 3.63) is 66.1 Å². The Kier molecular flexibility index (Phi) is 4.83. The molecule has 0 bridgehead atoms. The third-order valence-corrected chi connectivity index (χ3v) is 5.55. The minimum atomic E-state index is -3.30. The molecule has 0 unspecified atom stereocenters. The predicted octanol–water partition coefficient (Wildman–Crippen LogP) is 3.92. The van der Waals surface area contributed by atoms with Gasteiger partial charge in [0.05, 0.1) is 10.3 Å². The molecule has 0 aliphatic rings. The number of benzene rings is 2. The summed E-state index contributed by atoms with van der Waals surface area (Å²) in [6.45, 7) is 1.80. The van der Waals surface area contributed by atoms with E-state index in [1.165, 1.54) is 12.1 Å². The van der Waals surface area contributed by atoms with E-state index in [1.807, 2.05) is 6.07 Å². The number of aryl methyl sites for hydroxylation is 2. The molecule has 4 rings (SSSR count). The van der Waals surface area contributed by atoms with Gasteiger partial charge in [-0.15, -0.1) is 0 Å². The van der Waals surface area contributed by atoms with Crippen molar-refractivity contribution in [3.8, 4) is 11.5 Å². The van der Waals surface area contributed by atoms with Crippen molar-refractivity contribution in [2.45, 2.75) is 11.8 Å². The third kappa shape index (κ3) is 4.06. The first-order valence-electron chi connectivity index (χ1n) is 9.02. The maximum absolute atomic E-state index is 12.7. The van der Waals surface area contributed by atoms with E-state index in [-0.39, 0.29) is 10.8 Å². The van der Waals surface area contributed by atoms with Gasteiger partial charge in [0.25, 0.3) is 5.91 Å². The van der Waals surface area contributed by atoms with Crippen LogP contribution in [0.1, 0.15) is 16.1 Å². The Morgan fingerprint density at radius 1 is 1.13 bits per heavy atom. The smallest absolute Gasteiger partial charge is 0.257 e. The van der Waals surface area contributed by atoms with E-state index in [2.05, 4.69) is 10.4 Å². The SMILES string of the molecule is Cc1cc2c(Oc3ccc(S(C)(=O)=O)cc3)cc(C(=O)Nc3ccn(C)n3)cc2o1. The highest BCUT2D eigenvalue weighted by Gasteiger charge is 2.16. The molecule has 8 nitrogen and oxygen atoms in total. The van der Waals surface area contributed by atoms with Crippen LogP contribution in [-0.2, 0) is 16.9 Å². The molecule has 9 heteroatoms. The van der Waals surface area contributed by atoms with Crippen LogP contribution in [0.4, 0.5) is 5.82 Å². The Balaban J connectivity index is 1.68. The topological polar surface area (TPSA) is 103 Å². The number of nitrogens with zero attached hydrogens (tertiary/aromatic N) is 2. The van der Waals surface area contributed by atoms with Crippen molar-refractivity contribution < 1.29 is 22.4 Å². The van der Waals surface area contributed by atoms with Gasteiger partial charge in [0, 0.05) is 31.1 Å². The largest absolute Gasteiger partial charge is 0.461 e. The first-order valence-corrected chi connectivity index (χ1v) is 10.9. The Morgan fingerprint density at radius 2 is 1.87 bits per heavy atom. The maximum Gasteiger partial charge on any atom is 0.257 e. The second kappa shape index (κ2) is 7.34. The zero-order valence-corrected chi connectivity index (χ0v) is 17.4. The van der Waals surface area contributed by atoms with Crippen LogP contribution >= 0.6 is 0 Å². The zero-order valence-electron chi connectivity index (χ0n) is 16.5. The number of hydrogen-bond donors (Lipinski definition) is 1. The lowest BCUT2D eigenvalue weighted by atomic mass is 10.1. The van der Waals surface area contributed by atoms with Gasteiger partial charge < -0.3 is 14.5 Å². The van der Waals surface area contributed by atoms with Crippen LogP contribution < -0.4 is 10.1 Å². The Bertz CT molecular complexity index is 1350. The molecule has 4 aromatic rings. The van der Waals surface area contributed by atoms with Gasteiger partial charge in [-0.1, -0.05) is 0 Å². The molecule has 0 spiro atoms. The van der Waals surface area contributed by atoms with Gasteiger partial charge in [-0.25, -0.2) is 8.42 Å². The minimum Gasteiger partial charge on any atom is -0.461 e. The number of fused-ring (bicyclic) bond motifs is 1. The van der Waals surface area contributed by atoms with E-state index in [0.29, 0.717) is 39.6 Å². The molecule has 0 saturated heterocycles. The molecular weight excluding hydrogens is 406 g/mol. The third-order valence-electron chi connectivity index (χ3n) is 4.42. The Labute approximate surface area is 173 Å². The van der Waals surface area contributed by atoms with Gasteiger partial charge in [-0.2, -0.15) is 5.10 Å². The lowest BCUT2D eigenvalue weighted by molar-refractivity contribution is 0.102. The molecule has 0 radical (unpaired) electrons. The van der Waals surface area contributed by atoms with E-state index in [4.69, 9.17) is 9.15 Å². The molecule has 2 heterocycles. The van der Waals surface area contributed by atoms with E-state index in [0.717, 1.165) is 6.26 Å². The fraction of sp³-hybridized carbons (Fsp3) is 0.143. The number of hydrogen-bond acceptors (Lipinski definition) is 6. The highest BCUT2D eigenvalue weighted by molar-refractivity contribution is 7.90. The van der Waals surface area contributed by atoms with Crippen LogP contribution in [0.25, 0.3) is 11.0 Å². The monoisotopic (exact) mass is 425 g/mol. The fourth-order valence-corrected chi connectivity index (χ4v) is 3.63. The summed E-state index contributed by atoms with van der Waals surface area (Å²) in [6, 6.07) is 12.8. The van der Waals surface area contributed by atoms with E-state index >= 15 is 0 Å². The molecule has 2 aromatic carbocycles. The number of furan rings is 1. The highest BCUT2D eigenvalue weighted by atomic mass is 32.2. The van der Waals surface area contributed by atoms with Crippen LogP contribution in [0.5, 0.6) is 11.5 Å². The maximum atomic E-state index is 12.7. The molecule has 2 aromatic heterocycles. The number of amides is 1. The van der Waals surface area contributed by atoms with Gasteiger partial charge in [0.15, 0.2) is 15.7 Å². The summed E-state index contributed by atoms with van der Waals surface area (Å²) in [5.41, 5.74) is 0.842. The van der Waals surface area contributed by atoms with Crippen molar-refractivity contribution in [1.82, 2.24) is 9.78 Å². The average Bonchev–Trinajstić information content (AvgIpc) is 3.25. The highest BCUT2D eigenvalue weighted by Crippen LogP contribution is 2.34. The lowest BCUT2D eigenvalue weighted by Gasteiger charge is -2.10. The van der Waals surface area contributed by atoms with Crippen molar-refractivity contribution in [1.29, 1.82) is 0 Å². The van der Waals surface area contributed by atoms with Gasteiger partial charge in [-0.3, -0.25) is 9.48 Å². The molecule has 30 heavy (non-hydrogen) atoms. The number of nitrogens with one attached hydrogen (secondary N) is 1.